The zero-order chi connectivity index (χ0) is 12.5. The monoisotopic (exact) mass is 272 g/mol. The summed E-state index contributed by atoms with van der Waals surface area (Å²) in [5, 5.41) is -0.166. The standard InChI is InChI=1S/C9H9ClN4O2S/c1-14-6-12-9(8(14)10)17(15,16)13-7-4-2-3-5-11-7/h2-6H,1H3,(H,11,13). The van der Waals surface area contributed by atoms with Gasteiger partial charge in [-0.2, -0.15) is 8.42 Å². The first-order valence-corrected chi connectivity index (χ1v) is 6.47. The van der Waals surface area contributed by atoms with Crippen molar-refractivity contribution in [2.45, 2.75) is 5.03 Å². The molecule has 2 rings (SSSR count). The van der Waals surface area contributed by atoms with Crippen LogP contribution in [-0.4, -0.2) is 23.0 Å². The van der Waals surface area contributed by atoms with Gasteiger partial charge in [-0.1, -0.05) is 17.7 Å². The number of halogens is 1. The van der Waals surface area contributed by atoms with E-state index in [9.17, 15) is 8.42 Å². The Kier molecular flexibility index (Phi) is 3.03. The van der Waals surface area contributed by atoms with Gasteiger partial charge in [-0.15, -0.1) is 0 Å². The Morgan fingerprint density at radius 2 is 2.12 bits per heavy atom. The summed E-state index contributed by atoms with van der Waals surface area (Å²) >= 11 is 5.82. The maximum Gasteiger partial charge on any atom is 0.283 e. The summed E-state index contributed by atoms with van der Waals surface area (Å²) < 4.78 is 27.5. The molecule has 0 unspecified atom stereocenters. The van der Waals surface area contributed by atoms with Crippen LogP contribution in [0.25, 0.3) is 0 Å². The molecule has 0 aliphatic rings. The molecule has 0 fully saturated rings. The van der Waals surface area contributed by atoms with Crippen molar-refractivity contribution in [3.05, 3.63) is 35.9 Å². The second-order valence-corrected chi connectivity index (χ2v) is 5.23. The minimum Gasteiger partial charge on any atom is -0.324 e. The molecule has 0 aliphatic carbocycles. The Hall–Kier alpha value is -1.60. The lowest BCUT2D eigenvalue weighted by molar-refractivity contribution is 0.598. The molecule has 0 spiro atoms. The number of aromatic nitrogens is 3. The van der Waals surface area contributed by atoms with Crippen molar-refractivity contribution >= 4 is 27.4 Å². The highest BCUT2D eigenvalue weighted by atomic mass is 35.5. The van der Waals surface area contributed by atoms with Gasteiger partial charge in [-0.25, -0.2) is 9.97 Å². The molecule has 2 aromatic heterocycles. The van der Waals surface area contributed by atoms with Crippen molar-refractivity contribution in [3.63, 3.8) is 0 Å². The number of aryl methyl sites for hydroxylation is 1. The zero-order valence-electron chi connectivity index (χ0n) is 8.83. The van der Waals surface area contributed by atoms with Crippen LogP contribution in [0.4, 0.5) is 5.82 Å². The Bertz CT molecular complexity index is 624. The van der Waals surface area contributed by atoms with E-state index in [1.807, 2.05) is 0 Å². The molecule has 0 aromatic carbocycles. The fourth-order valence-electron chi connectivity index (χ4n) is 1.18. The maximum absolute atomic E-state index is 11.9. The molecule has 0 aliphatic heterocycles. The quantitative estimate of drug-likeness (QED) is 0.913. The zero-order valence-corrected chi connectivity index (χ0v) is 10.4. The van der Waals surface area contributed by atoms with Gasteiger partial charge in [0.1, 0.15) is 11.0 Å². The Balaban J connectivity index is 2.35. The second kappa shape index (κ2) is 4.34. The molecule has 90 valence electrons. The number of sulfonamides is 1. The Morgan fingerprint density at radius 1 is 1.35 bits per heavy atom. The molecular weight excluding hydrogens is 264 g/mol. The highest BCUT2D eigenvalue weighted by Crippen LogP contribution is 2.20. The summed E-state index contributed by atoms with van der Waals surface area (Å²) in [7, 11) is -2.19. The third-order valence-corrected chi connectivity index (χ3v) is 3.84. The summed E-state index contributed by atoms with van der Waals surface area (Å²) in [4.78, 5) is 7.59. The van der Waals surface area contributed by atoms with Crippen LogP contribution in [0.3, 0.4) is 0 Å². The number of imidazole rings is 1. The number of pyridine rings is 1. The van der Waals surface area contributed by atoms with Crippen LogP contribution in [0.5, 0.6) is 0 Å². The van der Waals surface area contributed by atoms with E-state index in [1.165, 1.54) is 23.2 Å². The number of anilines is 1. The first-order valence-electron chi connectivity index (χ1n) is 4.61. The van der Waals surface area contributed by atoms with Crippen LogP contribution >= 0.6 is 11.6 Å². The van der Waals surface area contributed by atoms with E-state index >= 15 is 0 Å². The average molecular weight is 273 g/mol. The number of nitrogens with zero attached hydrogens (tertiary/aromatic N) is 3. The van der Waals surface area contributed by atoms with Crippen LogP contribution in [0.2, 0.25) is 5.15 Å². The summed E-state index contributed by atoms with van der Waals surface area (Å²) in [6.07, 6.45) is 2.81. The molecule has 2 aromatic rings. The molecule has 0 saturated carbocycles. The first kappa shape index (κ1) is 11.9. The number of hydrogen-bond donors (Lipinski definition) is 1. The van der Waals surface area contributed by atoms with Gasteiger partial charge in [0.2, 0.25) is 5.03 Å². The molecule has 0 amide bonds. The smallest absolute Gasteiger partial charge is 0.283 e. The van der Waals surface area contributed by atoms with E-state index in [2.05, 4.69) is 14.7 Å². The number of rotatable bonds is 3. The van der Waals surface area contributed by atoms with Crippen molar-refractivity contribution in [3.8, 4) is 0 Å². The van der Waals surface area contributed by atoms with Crippen LogP contribution in [-0.2, 0) is 17.1 Å². The average Bonchev–Trinajstić information content (AvgIpc) is 2.61. The molecule has 17 heavy (non-hydrogen) atoms. The van der Waals surface area contributed by atoms with Gasteiger partial charge in [0.05, 0.1) is 6.33 Å². The Morgan fingerprint density at radius 3 is 2.65 bits per heavy atom. The number of hydrogen-bond acceptors (Lipinski definition) is 4. The van der Waals surface area contributed by atoms with E-state index in [0.29, 0.717) is 0 Å². The Labute approximate surface area is 103 Å². The molecule has 2 heterocycles. The largest absolute Gasteiger partial charge is 0.324 e. The van der Waals surface area contributed by atoms with Crippen LogP contribution in [0.15, 0.2) is 35.7 Å². The van der Waals surface area contributed by atoms with Crippen molar-refractivity contribution in [2.24, 2.45) is 7.05 Å². The highest BCUT2D eigenvalue weighted by Gasteiger charge is 2.22. The lowest BCUT2D eigenvalue weighted by Crippen LogP contribution is -2.14. The fraction of sp³-hybridized carbons (Fsp3) is 0.111. The van der Waals surface area contributed by atoms with Gasteiger partial charge in [0.25, 0.3) is 10.0 Å². The van der Waals surface area contributed by atoms with E-state index in [0.717, 1.165) is 0 Å². The van der Waals surface area contributed by atoms with E-state index in [1.54, 1.807) is 19.2 Å². The third-order valence-electron chi connectivity index (χ3n) is 1.99. The van der Waals surface area contributed by atoms with Crippen LogP contribution in [0.1, 0.15) is 0 Å². The molecule has 6 nitrogen and oxygen atoms in total. The van der Waals surface area contributed by atoms with Gasteiger partial charge >= 0.3 is 0 Å². The molecule has 0 bridgehead atoms. The molecule has 0 saturated heterocycles. The van der Waals surface area contributed by atoms with Crippen LogP contribution < -0.4 is 4.72 Å². The van der Waals surface area contributed by atoms with Gasteiger partial charge < -0.3 is 4.57 Å². The van der Waals surface area contributed by atoms with Gasteiger partial charge in [-0.05, 0) is 12.1 Å². The molecular formula is C9H9ClN4O2S. The molecule has 0 radical (unpaired) electrons. The van der Waals surface area contributed by atoms with Crippen molar-refractivity contribution in [2.75, 3.05) is 4.72 Å². The minimum absolute atomic E-state index is 0.0495. The third kappa shape index (κ3) is 2.40. The number of nitrogens with one attached hydrogen (secondary N) is 1. The lowest BCUT2D eigenvalue weighted by atomic mass is 10.5. The maximum atomic E-state index is 11.9. The van der Waals surface area contributed by atoms with Crippen molar-refractivity contribution in [1.29, 1.82) is 0 Å². The molecule has 0 atom stereocenters. The van der Waals surface area contributed by atoms with Crippen LogP contribution in [0, 0.1) is 0 Å². The molecule has 8 heteroatoms. The first-order chi connectivity index (χ1) is 8.00. The summed E-state index contributed by atoms with van der Waals surface area (Å²) in [6, 6.07) is 4.89. The normalized spacial score (nSPS) is 11.4. The minimum atomic E-state index is -3.80. The highest BCUT2D eigenvalue weighted by molar-refractivity contribution is 7.92. The van der Waals surface area contributed by atoms with E-state index < -0.39 is 10.0 Å². The van der Waals surface area contributed by atoms with Crippen molar-refractivity contribution < 1.29 is 8.42 Å². The van der Waals surface area contributed by atoms with Gasteiger partial charge in [0, 0.05) is 13.2 Å². The summed E-state index contributed by atoms with van der Waals surface area (Å²) in [5.74, 6) is 0.217. The fourth-order valence-corrected chi connectivity index (χ4v) is 2.62. The van der Waals surface area contributed by atoms with E-state index in [-0.39, 0.29) is 16.0 Å². The lowest BCUT2D eigenvalue weighted by Gasteiger charge is -2.04. The molecule has 1 N–H and O–H groups in total. The van der Waals surface area contributed by atoms with Gasteiger partial charge in [-0.3, -0.25) is 4.72 Å². The predicted octanol–water partition coefficient (Wildman–Crippen LogP) is 1.27. The summed E-state index contributed by atoms with van der Waals surface area (Å²) in [6.45, 7) is 0. The topological polar surface area (TPSA) is 76.9 Å². The predicted molar refractivity (Wildman–Crippen MR) is 63.3 cm³/mol. The van der Waals surface area contributed by atoms with E-state index in [4.69, 9.17) is 11.6 Å². The SMILES string of the molecule is Cn1cnc(S(=O)(=O)Nc2ccccn2)c1Cl. The second-order valence-electron chi connectivity index (χ2n) is 3.27. The van der Waals surface area contributed by atoms with Gasteiger partial charge in [0.15, 0.2) is 0 Å². The van der Waals surface area contributed by atoms with Crippen molar-refractivity contribution in [1.82, 2.24) is 14.5 Å². The summed E-state index contributed by atoms with van der Waals surface area (Å²) in [5.41, 5.74) is 0.